The molecule has 0 heterocycles. The maximum Gasteiger partial charge on any atom is 0.119 e. The SMILES string of the molecule is C=C(OC(C)C)c1ccc(OC)cc1.CCC. The van der Waals surface area contributed by atoms with Crippen LogP contribution in [-0.2, 0) is 4.74 Å². The Balaban J connectivity index is 0.000000770. The Morgan fingerprint density at radius 1 is 1.18 bits per heavy atom. The van der Waals surface area contributed by atoms with Gasteiger partial charge in [-0.2, -0.15) is 0 Å². The van der Waals surface area contributed by atoms with Crippen molar-refractivity contribution in [2.24, 2.45) is 0 Å². The molecule has 0 aliphatic rings. The van der Waals surface area contributed by atoms with Crippen LogP contribution in [0.2, 0.25) is 0 Å². The molecule has 96 valence electrons. The number of hydrogen-bond acceptors (Lipinski definition) is 2. The minimum Gasteiger partial charge on any atom is -0.497 e. The van der Waals surface area contributed by atoms with Gasteiger partial charge in [0.15, 0.2) is 0 Å². The third-order valence-corrected chi connectivity index (χ3v) is 1.79. The van der Waals surface area contributed by atoms with Crippen LogP contribution in [0.3, 0.4) is 0 Å². The summed E-state index contributed by atoms with van der Waals surface area (Å²) < 4.78 is 10.5. The fraction of sp³-hybridized carbons (Fsp3) is 0.467. The van der Waals surface area contributed by atoms with Crippen molar-refractivity contribution < 1.29 is 9.47 Å². The van der Waals surface area contributed by atoms with Crippen LogP contribution in [0.15, 0.2) is 30.8 Å². The molecule has 1 aromatic rings. The maximum absolute atomic E-state index is 5.47. The Hall–Kier alpha value is -1.44. The van der Waals surface area contributed by atoms with Crippen molar-refractivity contribution in [1.29, 1.82) is 0 Å². The van der Waals surface area contributed by atoms with E-state index in [0.29, 0.717) is 5.76 Å². The first-order chi connectivity index (χ1) is 8.04. The largest absolute Gasteiger partial charge is 0.497 e. The number of methoxy groups -OCH3 is 1. The van der Waals surface area contributed by atoms with Gasteiger partial charge in [0, 0.05) is 5.56 Å². The van der Waals surface area contributed by atoms with E-state index >= 15 is 0 Å². The molecule has 0 amide bonds. The maximum atomic E-state index is 5.47. The summed E-state index contributed by atoms with van der Waals surface area (Å²) in [5.74, 6) is 1.54. The normalized spacial score (nSPS) is 9.29. The summed E-state index contributed by atoms with van der Waals surface area (Å²) in [4.78, 5) is 0. The van der Waals surface area contributed by atoms with Crippen LogP contribution in [0.25, 0.3) is 5.76 Å². The predicted octanol–water partition coefficient (Wildman–Crippen LogP) is 4.51. The molecule has 2 heteroatoms. The Kier molecular flexibility index (Phi) is 7.95. The summed E-state index contributed by atoms with van der Waals surface area (Å²) in [6.07, 6.45) is 1.41. The topological polar surface area (TPSA) is 18.5 Å². The van der Waals surface area contributed by atoms with Crippen molar-refractivity contribution in [1.82, 2.24) is 0 Å². The molecule has 0 bridgehead atoms. The molecule has 1 aromatic carbocycles. The Bertz CT molecular complexity index is 312. The smallest absolute Gasteiger partial charge is 0.119 e. The molecule has 0 saturated carbocycles. The van der Waals surface area contributed by atoms with E-state index < -0.39 is 0 Å². The minimum absolute atomic E-state index is 0.157. The number of ether oxygens (including phenoxy) is 2. The first-order valence-corrected chi connectivity index (χ1v) is 6.05. The molecule has 17 heavy (non-hydrogen) atoms. The molecular formula is C15H24O2. The van der Waals surface area contributed by atoms with Gasteiger partial charge in [-0.15, -0.1) is 0 Å². The second-order valence-electron chi connectivity index (χ2n) is 4.03. The van der Waals surface area contributed by atoms with Gasteiger partial charge >= 0.3 is 0 Å². The van der Waals surface area contributed by atoms with Crippen LogP contribution in [0.5, 0.6) is 5.75 Å². The average molecular weight is 236 g/mol. The third-order valence-electron chi connectivity index (χ3n) is 1.79. The fourth-order valence-electron chi connectivity index (χ4n) is 1.13. The molecule has 0 spiro atoms. The molecule has 1 rings (SSSR count). The first-order valence-electron chi connectivity index (χ1n) is 6.05. The van der Waals surface area contributed by atoms with Gasteiger partial charge in [-0.05, 0) is 38.1 Å². The zero-order valence-corrected chi connectivity index (χ0v) is 11.6. The monoisotopic (exact) mass is 236 g/mol. The van der Waals surface area contributed by atoms with E-state index in [-0.39, 0.29) is 6.10 Å². The summed E-state index contributed by atoms with van der Waals surface area (Å²) in [6.45, 7) is 12.1. The Labute approximate surface area is 105 Å². The lowest BCUT2D eigenvalue weighted by molar-refractivity contribution is 0.205. The lowest BCUT2D eigenvalue weighted by Gasteiger charge is -2.12. The molecular weight excluding hydrogens is 212 g/mol. The summed E-state index contributed by atoms with van der Waals surface area (Å²) >= 11 is 0. The highest BCUT2D eigenvalue weighted by Crippen LogP contribution is 2.19. The van der Waals surface area contributed by atoms with Crippen LogP contribution >= 0.6 is 0 Å². The fourth-order valence-corrected chi connectivity index (χ4v) is 1.13. The van der Waals surface area contributed by atoms with Gasteiger partial charge in [0.25, 0.3) is 0 Å². The van der Waals surface area contributed by atoms with Crippen molar-refractivity contribution in [3.8, 4) is 5.75 Å². The second kappa shape index (κ2) is 8.68. The van der Waals surface area contributed by atoms with Gasteiger partial charge in [-0.3, -0.25) is 0 Å². The molecule has 2 nitrogen and oxygen atoms in total. The molecule has 0 atom stereocenters. The number of hydrogen-bond donors (Lipinski definition) is 0. The van der Waals surface area contributed by atoms with Crippen molar-refractivity contribution >= 4 is 5.76 Å². The van der Waals surface area contributed by atoms with Gasteiger partial charge < -0.3 is 9.47 Å². The van der Waals surface area contributed by atoms with Gasteiger partial charge in [0.2, 0.25) is 0 Å². The standard InChI is InChI=1S/C12H16O2.C3H8/c1-9(2)14-10(3)11-5-7-12(13-4)8-6-11;1-3-2/h5-9H,3H2,1-2,4H3;3H2,1-2H3. The van der Waals surface area contributed by atoms with E-state index in [9.17, 15) is 0 Å². The summed E-state index contributed by atoms with van der Waals surface area (Å²) in [7, 11) is 1.65. The Morgan fingerprint density at radius 2 is 1.65 bits per heavy atom. The van der Waals surface area contributed by atoms with E-state index in [2.05, 4.69) is 20.4 Å². The first kappa shape index (κ1) is 15.6. The van der Waals surface area contributed by atoms with Gasteiger partial charge in [0.05, 0.1) is 13.2 Å². The van der Waals surface area contributed by atoms with E-state index in [1.165, 1.54) is 6.42 Å². The summed E-state index contributed by atoms with van der Waals surface area (Å²) in [5, 5.41) is 0. The van der Waals surface area contributed by atoms with Gasteiger partial charge in [0.1, 0.15) is 11.5 Å². The third kappa shape index (κ3) is 6.67. The molecule has 0 unspecified atom stereocenters. The van der Waals surface area contributed by atoms with Crippen molar-refractivity contribution in [3.63, 3.8) is 0 Å². The lowest BCUT2D eigenvalue weighted by atomic mass is 10.2. The average Bonchev–Trinajstić information content (AvgIpc) is 2.29. The van der Waals surface area contributed by atoms with Crippen LogP contribution in [-0.4, -0.2) is 13.2 Å². The second-order valence-corrected chi connectivity index (χ2v) is 4.03. The number of benzene rings is 1. The Morgan fingerprint density at radius 3 is 2.00 bits per heavy atom. The molecule has 0 radical (unpaired) electrons. The molecule has 0 aliphatic carbocycles. The summed E-state index contributed by atoms with van der Waals surface area (Å²) in [6, 6.07) is 7.65. The summed E-state index contributed by atoms with van der Waals surface area (Å²) in [5.41, 5.74) is 0.986. The van der Waals surface area contributed by atoms with Gasteiger partial charge in [-0.1, -0.05) is 26.8 Å². The zero-order valence-electron chi connectivity index (χ0n) is 11.6. The van der Waals surface area contributed by atoms with E-state index in [0.717, 1.165) is 11.3 Å². The molecule has 0 N–H and O–H groups in total. The number of rotatable bonds is 4. The highest BCUT2D eigenvalue weighted by molar-refractivity contribution is 5.58. The van der Waals surface area contributed by atoms with Crippen LogP contribution < -0.4 is 4.74 Å². The molecule has 0 saturated heterocycles. The molecule has 0 fully saturated rings. The molecule has 0 aliphatic heterocycles. The van der Waals surface area contributed by atoms with E-state index in [1.54, 1.807) is 7.11 Å². The van der Waals surface area contributed by atoms with E-state index in [4.69, 9.17) is 9.47 Å². The highest BCUT2D eigenvalue weighted by atomic mass is 16.5. The van der Waals surface area contributed by atoms with Gasteiger partial charge in [-0.25, -0.2) is 0 Å². The van der Waals surface area contributed by atoms with Crippen molar-refractivity contribution in [2.45, 2.75) is 40.2 Å². The van der Waals surface area contributed by atoms with Crippen LogP contribution in [0.4, 0.5) is 0 Å². The van der Waals surface area contributed by atoms with Crippen molar-refractivity contribution in [2.75, 3.05) is 7.11 Å². The lowest BCUT2D eigenvalue weighted by Crippen LogP contribution is -2.00. The predicted molar refractivity (Wildman–Crippen MR) is 74.2 cm³/mol. The molecule has 0 aromatic heterocycles. The van der Waals surface area contributed by atoms with Crippen molar-refractivity contribution in [3.05, 3.63) is 36.4 Å². The quantitative estimate of drug-likeness (QED) is 0.716. The highest BCUT2D eigenvalue weighted by Gasteiger charge is 2.02. The zero-order chi connectivity index (χ0) is 13.3. The van der Waals surface area contributed by atoms with Crippen LogP contribution in [0, 0.1) is 0 Å². The minimum atomic E-state index is 0.157. The van der Waals surface area contributed by atoms with Crippen LogP contribution in [0.1, 0.15) is 39.7 Å². The van der Waals surface area contributed by atoms with E-state index in [1.807, 2.05) is 38.1 Å².